The van der Waals surface area contributed by atoms with Gasteiger partial charge in [-0.3, -0.25) is 9.59 Å². The minimum atomic E-state index is -0.171. The molecule has 118 valence electrons. The Morgan fingerprint density at radius 1 is 1.32 bits per heavy atom. The van der Waals surface area contributed by atoms with Gasteiger partial charge in [-0.15, -0.1) is 0 Å². The Kier molecular flexibility index (Phi) is 3.39. The number of aromatic nitrogens is 2. The largest absolute Gasteiger partial charge is 0.351 e. The van der Waals surface area contributed by atoms with E-state index in [4.69, 9.17) is 0 Å². The number of amides is 2. The number of imidazole rings is 1. The molecule has 3 heterocycles. The lowest BCUT2D eigenvalue weighted by Crippen LogP contribution is -2.44. The van der Waals surface area contributed by atoms with Crippen LogP contribution in [0.15, 0.2) is 12.4 Å². The maximum atomic E-state index is 12.4. The zero-order valence-corrected chi connectivity index (χ0v) is 12.7. The molecule has 1 aromatic heterocycles. The summed E-state index contributed by atoms with van der Waals surface area (Å²) in [6.45, 7) is 2.24. The van der Waals surface area contributed by atoms with Crippen molar-refractivity contribution in [3.8, 4) is 0 Å². The third-order valence-corrected chi connectivity index (χ3v) is 5.04. The summed E-state index contributed by atoms with van der Waals surface area (Å²) < 4.78 is 2.10. The van der Waals surface area contributed by atoms with Crippen molar-refractivity contribution in [3.05, 3.63) is 18.2 Å². The van der Waals surface area contributed by atoms with E-state index in [1.54, 1.807) is 0 Å². The molecule has 2 fully saturated rings. The first-order valence-corrected chi connectivity index (χ1v) is 8.27. The fourth-order valence-corrected chi connectivity index (χ4v) is 3.54. The van der Waals surface area contributed by atoms with Crippen LogP contribution in [-0.2, 0) is 22.6 Å². The van der Waals surface area contributed by atoms with Gasteiger partial charge in [0.05, 0.1) is 5.92 Å². The number of carbonyl (C=O) groups excluding carboxylic acids is 2. The fourth-order valence-electron chi connectivity index (χ4n) is 3.54. The summed E-state index contributed by atoms with van der Waals surface area (Å²) >= 11 is 0. The summed E-state index contributed by atoms with van der Waals surface area (Å²) in [6, 6.07) is 0.154. The highest BCUT2D eigenvalue weighted by atomic mass is 16.2. The molecule has 6 heteroatoms. The maximum absolute atomic E-state index is 12.4. The third-order valence-electron chi connectivity index (χ3n) is 5.04. The normalized spacial score (nSPS) is 27.8. The van der Waals surface area contributed by atoms with Crippen molar-refractivity contribution >= 4 is 11.8 Å². The number of fused-ring (bicyclic) bond motifs is 1. The summed E-state index contributed by atoms with van der Waals surface area (Å²) in [4.78, 5) is 30.6. The van der Waals surface area contributed by atoms with Gasteiger partial charge in [-0.25, -0.2) is 4.98 Å². The van der Waals surface area contributed by atoms with Crippen LogP contribution in [0.2, 0.25) is 0 Å². The molecule has 6 nitrogen and oxygen atoms in total. The van der Waals surface area contributed by atoms with Crippen molar-refractivity contribution in [2.45, 2.75) is 44.7 Å². The zero-order chi connectivity index (χ0) is 15.1. The number of nitrogens with one attached hydrogen (secondary N) is 1. The molecule has 1 saturated carbocycles. The molecule has 1 N–H and O–H groups in total. The Balaban J connectivity index is 1.32. The number of aryl methyl sites for hydroxylation is 1. The Bertz CT molecular complexity index is 593. The van der Waals surface area contributed by atoms with Crippen molar-refractivity contribution in [1.82, 2.24) is 19.8 Å². The van der Waals surface area contributed by atoms with Crippen LogP contribution in [0.25, 0.3) is 0 Å². The van der Waals surface area contributed by atoms with Crippen molar-refractivity contribution < 1.29 is 9.59 Å². The Morgan fingerprint density at radius 3 is 3.00 bits per heavy atom. The minimum Gasteiger partial charge on any atom is -0.351 e. The summed E-state index contributed by atoms with van der Waals surface area (Å²) in [5, 5.41) is 3.14. The van der Waals surface area contributed by atoms with Gasteiger partial charge in [-0.2, -0.15) is 0 Å². The van der Waals surface area contributed by atoms with Gasteiger partial charge in [0, 0.05) is 50.9 Å². The van der Waals surface area contributed by atoms with Crippen molar-refractivity contribution in [1.29, 1.82) is 0 Å². The lowest BCUT2D eigenvalue weighted by molar-refractivity contribution is -0.129. The van der Waals surface area contributed by atoms with E-state index < -0.39 is 0 Å². The SMILES string of the molecule is O=C(NC1CCc2nccn2C1)C1CC(=O)N(CC2CC2)C1. The first-order chi connectivity index (χ1) is 10.7. The minimum absolute atomic E-state index is 0.0419. The second-order valence-electron chi connectivity index (χ2n) is 6.88. The molecular formula is C16H22N4O2. The molecule has 1 aliphatic carbocycles. The van der Waals surface area contributed by atoms with E-state index in [0.29, 0.717) is 18.9 Å². The molecule has 1 aromatic rings. The van der Waals surface area contributed by atoms with Crippen LogP contribution in [0, 0.1) is 11.8 Å². The lowest BCUT2D eigenvalue weighted by atomic mass is 10.0. The molecule has 1 saturated heterocycles. The van der Waals surface area contributed by atoms with E-state index in [9.17, 15) is 9.59 Å². The van der Waals surface area contributed by atoms with Crippen LogP contribution in [0.1, 0.15) is 31.5 Å². The Labute approximate surface area is 129 Å². The van der Waals surface area contributed by atoms with Crippen LogP contribution in [0.4, 0.5) is 0 Å². The first kappa shape index (κ1) is 13.8. The van der Waals surface area contributed by atoms with Crippen LogP contribution in [0.3, 0.4) is 0 Å². The molecule has 0 radical (unpaired) electrons. The molecule has 0 aromatic carbocycles. The van der Waals surface area contributed by atoms with Gasteiger partial charge in [0.2, 0.25) is 11.8 Å². The van der Waals surface area contributed by atoms with Gasteiger partial charge < -0.3 is 14.8 Å². The summed E-state index contributed by atoms with van der Waals surface area (Å²) in [5.41, 5.74) is 0. The van der Waals surface area contributed by atoms with E-state index in [1.165, 1.54) is 12.8 Å². The summed E-state index contributed by atoms with van der Waals surface area (Å²) in [5.74, 6) is 1.80. The standard InChI is InChI=1S/C16H22N4O2/c21-15-7-12(9-20(15)8-11-1-2-11)16(22)18-13-3-4-14-17-5-6-19(14)10-13/h5-6,11-13H,1-4,7-10H2,(H,18,22). The number of carbonyl (C=O) groups is 2. The highest BCUT2D eigenvalue weighted by Gasteiger charge is 2.37. The van der Waals surface area contributed by atoms with Gasteiger partial charge in [-0.1, -0.05) is 0 Å². The zero-order valence-electron chi connectivity index (χ0n) is 12.7. The third kappa shape index (κ3) is 2.74. The smallest absolute Gasteiger partial charge is 0.225 e. The van der Waals surface area contributed by atoms with Crippen molar-refractivity contribution in [2.24, 2.45) is 11.8 Å². The average molecular weight is 302 g/mol. The molecule has 22 heavy (non-hydrogen) atoms. The molecule has 0 spiro atoms. The monoisotopic (exact) mass is 302 g/mol. The van der Waals surface area contributed by atoms with Crippen LogP contribution >= 0.6 is 0 Å². The quantitative estimate of drug-likeness (QED) is 0.884. The summed E-state index contributed by atoms with van der Waals surface area (Å²) in [6.07, 6.45) is 8.44. The van der Waals surface area contributed by atoms with Gasteiger partial charge in [0.15, 0.2) is 0 Å². The molecule has 2 amide bonds. The summed E-state index contributed by atoms with van der Waals surface area (Å²) in [7, 11) is 0. The molecular weight excluding hydrogens is 280 g/mol. The highest BCUT2D eigenvalue weighted by Crippen LogP contribution is 2.32. The predicted octanol–water partition coefficient (Wildman–Crippen LogP) is 0.573. The molecule has 2 aliphatic heterocycles. The van der Waals surface area contributed by atoms with Gasteiger partial charge in [0.25, 0.3) is 0 Å². The number of rotatable bonds is 4. The van der Waals surface area contributed by atoms with E-state index in [-0.39, 0.29) is 23.8 Å². The highest BCUT2D eigenvalue weighted by molar-refractivity contribution is 5.89. The molecule has 2 unspecified atom stereocenters. The van der Waals surface area contributed by atoms with E-state index in [2.05, 4.69) is 14.9 Å². The topological polar surface area (TPSA) is 67.2 Å². The predicted molar refractivity (Wildman–Crippen MR) is 79.9 cm³/mol. The van der Waals surface area contributed by atoms with Crippen LogP contribution in [0.5, 0.6) is 0 Å². The van der Waals surface area contributed by atoms with Crippen molar-refractivity contribution in [2.75, 3.05) is 13.1 Å². The molecule has 3 aliphatic rings. The van der Waals surface area contributed by atoms with E-state index >= 15 is 0 Å². The Morgan fingerprint density at radius 2 is 2.18 bits per heavy atom. The lowest BCUT2D eigenvalue weighted by Gasteiger charge is -2.26. The maximum Gasteiger partial charge on any atom is 0.225 e. The fraction of sp³-hybridized carbons (Fsp3) is 0.688. The first-order valence-electron chi connectivity index (χ1n) is 8.27. The van der Waals surface area contributed by atoms with Gasteiger partial charge in [0.1, 0.15) is 5.82 Å². The number of likely N-dealkylation sites (tertiary alicyclic amines) is 1. The Hall–Kier alpha value is -1.85. The van der Waals surface area contributed by atoms with E-state index in [1.807, 2.05) is 17.3 Å². The molecule has 0 bridgehead atoms. The number of nitrogens with zero attached hydrogens (tertiary/aromatic N) is 3. The van der Waals surface area contributed by atoms with Gasteiger partial charge >= 0.3 is 0 Å². The number of hydrogen-bond donors (Lipinski definition) is 1. The molecule has 4 rings (SSSR count). The van der Waals surface area contributed by atoms with E-state index in [0.717, 1.165) is 31.8 Å². The van der Waals surface area contributed by atoms with Crippen LogP contribution < -0.4 is 5.32 Å². The average Bonchev–Trinajstić information content (AvgIpc) is 3.06. The second-order valence-corrected chi connectivity index (χ2v) is 6.88. The van der Waals surface area contributed by atoms with Crippen LogP contribution in [-0.4, -0.2) is 45.4 Å². The van der Waals surface area contributed by atoms with Crippen molar-refractivity contribution in [3.63, 3.8) is 0 Å². The second kappa shape index (κ2) is 5.41. The van der Waals surface area contributed by atoms with Gasteiger partial charge in [-0.05, 0) is 25.2 Å². The number of hydrogen-bond acceptors (Lipinski definition) is 3. The molecule has 2 atom stereocenters.